The van der Waals surface area contributed by atoms with Gasteiger partial charge in [0.2, 0.25) is 0 Å². The lowest BCUT2D eigenvalue weighted by Gasteiger charge is -2.03. The summed E-state index contributed by atoms with van der Waals surface area (Å²) in [5.41, 5.74) is 4.16. The fourth-order valence-electron chi connectivity index (χ4n) is 2.66. The Bertz CT molecular complexity index is 982. The number of hydrogen-bond donors (Lipinski definition) is 1. The smallest absolute Gasteiger partial charge is 0.276 e. The summed E-state index contributed by atoms with van der Waals surface area (Å²) in [5, 5.41) is 5.04. The number of nitrogens with one attached hydrogen (secondary N) is 1. The molecule has 0 radical (unpaired) electrons. The van der Waals surface area contributed by atoms with Crippen LogP contribution in [0.1, 0.15) is 22.8 Å². The van der Waals surface area contributed by atoms with Crippen molar-refractivity contribution < 1.29 is 4.79 Å². The molecule has 3 aromatic rings. The molecule has 0 unspecified atom stereocenters. The molecule has 0 aliphatic heterocycles. The second-order valence-corrected chi connectivity index (χ2v) is 5.42. The van der Waals surface area contributed by atoms with Crippen molar-refractivity contribution in [1.82, 2.24) is 14.6 Å². The van der Waals surface area contributed by atoms with Crippen LogP contribution in [0.2, 0.25) is 0 Å². The van der Waals surface area contributed by atoms with E-state index in [1.54, 1.807) is 18.5 Å². The van der Waals surface area contributed by atoms with Crippen LogP contribution in [0.4, 0.5) is 0 Å². The molecule has 0 atom stereocenters. The molecule has 2 aromatic heterocycles. The van der Waals surface area contributed by atoms with E-state index < -0.39 is 5.91 Å². The third-order valence-electron chi connectivity index (χ3n) is 3.90. The standard InChI is InChI=1S/C18H18N4O2/c1-3-22-10-6-8-15(18(22)24)17(23)20-19-11-13-12-21(2)16-9-5-4-7-14(13)16/h4-12H,3H2,1-2H3,(H,20,23)/b19-11-. The number of benzene rings is 1. The van der Waals surface area contributed by atoms with Crippen LogP contribution in [0.5, 0.6) is 0 Å². The van der Waals surface area contributed by atoms with E-state index in [2.05, 4.69) is 10.5 Å². The van der Waals surface area contributed by atoms with Gasteiger partial charge in [-0.2, -0.15) is 5.10 Å². The van der Waals surface area contributed by atoms with Crippen LogP contribution >= 0.6 is 0 Å². The molecule has 0 spiro atoms. The second-order valence-electron chi connectivity index (χ2n) is 5.42. The maximum absolute atomic E-state index is 12.1. The van der Waals surface area contributed by atoms with E-state index in [0.29, 0.717) is 6.54 Å². The molecule has 1 amide bonds. The zero-order valence-corrected chi connectivity index (χ0v) is 13.6. The van der Waals surface area contributed by atoms with Crippen LogP contribution in [0.3, 0.4) is 0 Å². The monoisotopic (exact) mass is 322 g/mol. The maximum atomic E-state index is 12.1. The van der Waals surface area contributed by atoms with Crippen molar-refractivity contribution in [3.05, 3.63) is 70.3 Å². The summed E-state index contributed by atoms with van der Waals surface area (Å²) in [7, 11) is 1.95. The zero-order valence-electron chi connectivity index (χ0n) is 13.6. The van der Waals surface area contributed by atoms with Gasteiger partial charge in [0, 0.05) is 42.5 Å². The summed E-state index contributed by atoms with van der Waals surface area (Å²) in [4.78, 5) is 24.2. The van der Waals surface area contributed by atoms with Crippen LogP contribution in [-0.2, 0) is 13.6 Å². The van der Waals surface area contributed by atoms with E-state index in [1.165, 1.54) is 10.6 Å². The minimum absolute atomic E-state index is 0.0782. The van der Waals surface area contributed by atoms with Crippen LogP contribution in [0, 0.1) is 0 Å². The SMILES string of the molecule is CCn1cccc(C(=O)N/N=C\c2cn(C)c3ccccc23)c1=O. The van der Waals surface area contributed by atoms with Crippen molar-refractivity contribution in [3.8, 4) is 0 Å². The van der Waals surface area contributed by atoms with Crippen molar-refractivity contribution in [1.29, 1.82) is 0 Å². The van der Waals surface area contributed by atoms with Crippen LogP contribution in [0.15, 0.2) is 58.7 Å². The van der Waals surface area contributed by atoms with Crippen molar-refractivity contribution >= 4 is 23.0 Å². The van der Waals surface area contributed by atoms with Gasteiger partial charge in [-0.3, -0.25) is 9.59 Å². The molecular weight excluding hydrogens is 304 g/mol. The largest absolute Gasteiger partial charge is 0.350 e. The Morgan fingerprint density at radius 1 is 1.25 bits per heavy atom. The van der Waals surface area contributed by atoms with Gasteiger partial charge in [-0.15, -0.1) is 0 Å². The van der Waals surface area contributed by atoms with Crippen LogP contribution < -0.4 is 11.0 Å². The minimum atomic E-state index is -0.515. The summed E-state index contributed by atoms with van der Waals surface area (Å²) in [5.74, 6) is -0.515. The lowest BCUT2D eigenvalue weighted by Crippen LogP contribution is -2.30. The number of rotatable bonds is 4. The number of hydrazone groups is 1. The molecule has 24 heavy (non-hydrogen) atoms. The maximum Gasteiger partial charge on any atom is 0.276 e. The molecule has 2 heterocycles. The van der Waals surface area contributed by atoms with Gasteiger partial charge in [-0.25, -0.2) is 5.43 Å². The van der Waals surface area contributed by atoms with Gasteiger partial charge < -0.3 is 9.13 Å². The predicted molar refractivity (Wildman–Crippen MR) is 94.4 cm³/mol. The first-order valence-corrected chi connectivity index (χ1v) is 7.68. The fraction of sp³-hybridized carbons (Fsp3) is 0.167. The van der Waals surface area contributed by atoms with Crippen molar-refractivity contribution in [2.24, 2.45) is 12.1 Å². The highest BCUT2D eigenvalue weighted by molar-refractivity contribution is 6.00. The van der Waals surface area contributed by atoms with Crippen LogP contribution in [0.25, 0.3) is 10.9 Å². The number of amides is 1. The van der Waals surface area contributed by atoms with Crippen molar-refractivity contribution in [2.45, 2.75) is 13.5 Å². The van der Waals surface area contributed by atoms with E-state index in [1.807, 2.05) is 49.0 Å². The normalized spacial score (nSPS) is 11.2. The third kappa shape index (κ3) is 2.86. The van der Waals surface area contributed by atoms with Crippen molar-refractivity contribution in [3.63, 3.8) is 0 Å². The van der Waals surface area contributed by atoms with Gasteiger partial charge in [0.25, 0.3) is 11.5 Å². The average molecular weight is 322 g/mol. The first kappa shape index (κ1) is 15.7. The Kier molecular flexibility index (Phi) is 4.29. The number of aryl methyl sites for hydroxylation is 2. The highest BCUT2D eigenvalue weighted by Crippen LogP contribution is 2.18. The molecule has 0 bridgehead atoms. The number of nitrogens with zero attached hydrogens (tertiary/aromatic N) is 3. The van der Waals surface area contributed by atoms with E-state index >= 15 is 0 Å². The average Bonchev–Trinajstić information content (AvgIpc) is 2.91. The number of para-hydroxylation sites is 1. The second kappa shape index (κ2) is 6.54. The van der Waals surface area contributed by atoms with Crippen molar-refractivity contribution in [2.75, 3.05) is 0 Å². The quantitative estimate of drug-likeness (QED) is 0.590. The number of hydrogen-bond acceptors (Lipinski definition) is 3. The molecule has 3 rings (SSSR count). The highest BCUT2D eigenvalue weighted by Gasteiger charge is 2.10. The molecule has 6 nitrogen and oxygen atoms in total. The molecule has 122 valence electrons. The highest BCUT2D eigenvalue weighted by atomic mass is 16.2. The number of aromatic nitrogens is 2. The van der Waals surface area contributed by atoms with E-state index in [4.69, 9.17) is 0 Å². The Balaban J connectivity index is 1.81. The van der Waals surface area contributed by atoms with Gasteiger partial charge in [0.15, 0.2) is 0 Å². The van der Waals surface area contributed by atoms with Gasteiger partial charge in [0.1, 0.15) is 5.56 Å². The van der Waals surface area contributed by atoms with E-state index in [0.717, 1.165) is 16.5 Å². The summed E-state index contributed by atoms with van der Waals surface area (Å²) >= 11 is 0. The molecule has 0 saturated carbocycles. The minimum Gasteiger partial charge on any atom is -0.350 e. The topological polar surface area (TPSA) is 68.4 Å². The number of carbonyl (C=O) groups is 1. The first-order chi connectivity index (χ1) is 11.6. The lowest BCUT2D eigenvalue weighted by molar-refractivity contribution is 0.0953. The summed E-state index contributed by atoms with van der Waals surface area (Å²) in [6, 6.07) is 11.1. The Hall–Kier alpha value is -3.15. The van der Waals surface area contributed by atoms with Gasteiger partial charge in [-0.05, 0) is 25.1 Å². The molecule has 6 heteroatoms. The fourth-order valence-corrected chi connectivity index (χ4v) is 2.66. The zero-order chi connectivity index (χ0) is 17.1. The number of carbonyl (C=O) groups excluding carboxylic acids is 1. The Labute approximate surface area is 139 Å². The predicted octanol–water partition coefficient (Wildman–Crippen LogP) is 2.12. The molecule has 0 fully saturated rings. The lowest BCUT2D eigenvalue weighted by atomic mass is 10.2. The molecule has 0 aliphatic rings. The van der Waals surface area contributed by atoms with E-state index in [9.17, 15) is 9.59 Å². The Morgan fingerprint density at radius 2 is 2.04 bits per heavy atom. The number of fused-ring (bicyclic) bond motifs is 1. The molecular formula is C18H18N4O2. The summed E-state index contributed by atoms with van der Waals surface area (Å²) in [6.07, 6.45) is 5.17. The molecule has 1 aromatic carbocycles. The molecule has 1 N–H and O–H groups in total. The third-order valence-corrected chi connectivity index (χ3v) is 3.90. The van der Waals surface area contributed by atoms with Gasteiger partial charge in [-0.1, -0.05) is 18.2 Å². The van der Waals surface area contributed by atoms with E-state index in [-0.39, 0.29) is 11.1 Å². The molecule has 0 saturated heterocycles. The summed E-state index contributed by atoms with van der Waals surface area (Å²) < 4.78 is 3.47. The van der Waals surface area contributed by atoms with Gasteiger partial charge in [0.05, 0.1) is 6.21 Å². The van der Waals surface area contributed by atoms with Crippen LogP contribution in [-0.4, -0.2) is 21.3 Å². The first-order valence-electron chi connectivity index (χ1n) is 7.68. The Morgan fingerprint density at radius 3 is 2.83 bits per heavy atom. The number of pyridine rings is 1. The van der Waals surface area contributed by atoms with Gasteiger partial charge >= 0.3 is 0 Å². The summed E-state index contributed by atoms with van der Waals surface area (Å²) in [6.45, 7) is 2.36. The molecule has 0 aliphatic carbocycles.